The normalized spacial score (nSPS) is 12.9. The lowest BCUT2D eigenvalue weighted by Crippen LogP contribution is -2.20. The molecule has 0 saturated carbocycles. The fourth-order valence-electron chi connectivity index (χ4n) is 0.463. The molecule has 0 aromatic carbocycles. The third kappa shape index (κ3) is 7.01. The summed E-state index contributed by atoms with van der Waals surface area (Å²) < 4.78 is 4.56. The van der Waals surface area contributed by atoms with Crippen LogP contribution in [0, 0.1) is 0 Å². The third-order valence-corrected chi connectivity index (χ3v) is 0.935. The van der Waals surface area contributed by atoms with Crippen molar-refractivity contribution < 1.29 is 14.6 Å². The van der Waals surface area contributed by atoms with Gasteiger partial charge in [0.25, 0.3) is 0 Å². The molecule has 0 bridgehead atoms. The minimum atomic E-state index is -0.490. The molecular weight excluding hydrogens is 160 g/mol. The number of rotatable bonds is 5. The minimum Gasteiger partial charge on any atom is -0.462 e. The maximum Gasteiger partial charge on any atom is 0.351 e. The predicted octanol–water partition coefficient (Wildman–Crippen LogP) is -0.494. The van der Waals surface area contributed by atoms with Crippen LogP contribution in [-0.2, 0) is 9.53 Å². The van der Waals surface area contributed by atoms with Crippen LogP contribution >= 0.6 is 0 Å². The Hall–Kier alpha value is -1.10. The van der Waals surface area contributed by atoms with E-state index in [0.717, 1.165) is 6.21 Å². The topological polar surface area (TPSA) is 70.9 Å². The summed E-state index contributed by atoms with van der Waals surface area (Å²) in [5.41, 5.74) is 2.49. The molecule has 5 nitrogen and oxygen atoms in total. The van der Waals surface area contributed by atoms with Crippen LogP contribution in [0.25, 0.3) is 0 Å². The molecule has 0 heterocycles. The van der Waals surface area contributed by atoms with Gasteiger partial charge in [0, 0.05) is 0 Å². The number of hydrogen-bond donors (Lipinski definition) is 2. The van der Waals surface area contributed by atoms with Gasteiger partial charge < -0.3 is 15.3 Å². The zero-order valence-corrected chi connectivity index (χ0v) is 7.28. The highest BCUT2D eigenvalue weighted by Crippen LogP contribution is 1.75. The molecule has 0 aromatic heterocycles. The number of carbonyl (C=O) groups excluding carboxylic acids is 1. The molecule has 5 heteroatoms. The summed E-state index contributed by atoms with van der Waals surface area (Å²) in [6, 6.07) is 0. The average molecular weight is 174 g/mol. The Labute approximate surface area is 71.4 Å². The fraction of sp³-hybridized carbons (Fsp3) is 0.714. The van der Waals surface area contributed by atoms with Crippen molar-refractivity contribution in [2.75, 3.05) is 13.2 Å². The summed E-state index contributed by atoms with van der Waals surface area (Å²) >= 11 is 0. The first kappa shape index (κ1) is 10.9. The highest BCUT2D eigenvalue weighted by Gasteiger charge is 1.94. The maximum atomic E-state index is 10.6. The van der Waals surface area contributed by atoms with Crippen LogP contribution in [-0.4, -0.2) is 36.5 Å². The number of ether oxygens (including phenoxy) is 1. The Morgan fingerprint density at radius 2 is 2.50 bits per heavy atom. The average Bonchev–Trinajstić information content (AvgIpc) is 1.98. The Bertz CT molecular complexity index is 157. The van der Waals surface area contributed by atoms with E-state index in [2.05, 4.69) is 15.3 Å². The quantitative estimate of drug-likeness (QED) is 0.335. The van der Waals surface area contributed by atoms with E-state index in [1.807, 2.05) is 0 Å². The summed E-state index contributed by atoms with van der Waals surface area (Å²) in [4.78, 5) is 10.6. The van der Waals surface area contributed by atoms with Gasteiger partial charge in [-0.3, -0.25) is 0 Å². The van der Waals surface area contributed by atoms with Gasteiger partial charge in [-0.1, -0.05) is 0 Å². The Balaban J connectivity index is 3.41. The SMILES string of the molecule is CCOC(=O)/C=N/NCC(C)O. The number of aliphatic hydroxyl groups is 1. The molecule has 0 saturated heterocycles. The minimum absolute atomic E-state index is 0.315. The van der Waals surface area contributed by atoms with Crippen molar-refractivity contribution in [3.8, 4) is 0 Å². The molecule has 1 atom stereocenters. The van der Waals surface area contributed by atoms with E-state index in [9.17, 15) is 4.79 Å². The molecule has 70 valence electrons. The van der Waals surface area contributed by atoms with Gasteiger partial charge in [-0.25, -0.2) is 4.79 Å². The molecule has 1 unspecified atom stereocenters. The molecule has 0 aliphatic carbocycles. The Kier molecular flexibility index (Phi) is 6.00. The van der Waals surface area contributed by atoms with Gasteiger partial charge >= 0.3 is 5.97 Å². The molecule has 0 aliphatic rings. The summed E-state index contributed by atoms with van der Waals surface area (Å²) in [5, 5.41) is 12.3. The molecule has 0 amide bonds. The zero-order valence-electron chi connectivity index (χ0n) is 7.28. The van der Waals surface area contributed by atoms with Crippen LogP contribution in [0.15, 0.2) is 5.10 Å². The van der Waals surface area contributed by atoms with Crippen LogP contribution in [0.5, 0.6) is 0 Å². The van der Waals surface area contributed by atoms with Gasteiger partial charge in [-0.15, -0.1) is 0 Å². The lowest BCUT2D eigenvalue weighted by Gasteiger charge is -2.01. The first-order chi connectivity index (χ1) is 5.66. The van der Waals surface area contributed by atoms with Crippen LogP contribution in [0.2, 0.25) is 0 Å². The van der Waals surface area contributed by atoms with E-state index in [1.54, 1.807) is 13.8 Å². The van der Waals surface area contributed by atoms with E-state index < -0.39 is 12.1 Å². The molecule has 12 heavy (non-hydrogen) atoms. The number of nitrogens with one attached hydrogen (secondary N) is 1. The van der Waals surface area contributed by atoms with Gasteiger partial charge in [-0.05, 0) is 13.8 Å². The first-order valence-electron chi connectivity index (χ1n) is 3.77. The van der Waals surface area contributed by atoms with Crippen LogP contribution in [0.4, 0.5) is 0 Å². The second kappa shape index (κ2) is 6.60. The van der Waals surface area contributed by atoms with Gasteiger partial charge in [0.15, 0.2) is 0 Å². The smallest absolute Gasteiger partial charge is 0.351 e. The fourth-order valence-corrected chi connectivity index (χ4v) is 0.463. The van der Waals surface area contributed by atoms with Crippen molar-refractivity contribution in [1.82, 2.24) is 5.43 Å². The van der Waals surface area contributed by atoms with E-state index >= 15 is 0 Å². The molecule has 0 rings (SSSR count). The Morgan fingerprint density at radius 3 is 3.00 bits per heavy atom. The number of aliphatic hydroxyl groups excluding tert-OH is 1. The van der Waals surface area contributed by atoms with E-state index in [-0.39, 0.29) is 0 Å². The predicted molar refractivity (Wildman–Crippen MR) is 44.8 cm³/mol. The van der Waals surface area contributed by atoms with Crippen molar-refractivity contribution in [2.24, 2.45) is 5.10 Å². The van der Waals surface area contributed by atoms with Crippen molar-refractivity contribution in [2.45, 2.75) is 20.0 Å². The monoisotopic (exact) mass is 174 g/mol. The molecule has 0 spiro atoms. The highest BCUT2D eigenvalue weighted by molar-refractivity contribution is 6.23. The number of nitrogens with zero attached hydrogens (tertiary/aromatic N) is 1. The molecular formula is C7H14N2O3. The lowest BCUT2D eigenvalue weighted by atomic mass is 10.4. The highest BCUT2D eigenvalue weighted by atomic mass is 16.5. The largest absolute Gasteiger partial charge is 0.462 e. The summed E-state index contributed by atoms with van der Waals surface area (Å²) in [6.45, 7) is 3.99. The van der Waals surface area contributed by atoms with Gasteiger partial charge in [0.1, 0.15) is 6.21 Å². The third-order valence-electron chi connectivity index (χ3n) is 0.935. The van der Waals surface area contributed by atoms with Crippen LogP contribution in [0.1, 0.15) is 13.8 Å². The van der Waals surface area contributed by atoms with Crippen molar-refractivity contribution in [1.29, 1.82) is 0 Å². The number of hydrogen-bond acceptors (Lipinski definition) is 5. The van der Waals surface area contributed by atoms with E-state index in [1.165, 1.54) is 0 Å². The molecule has 0 aromatic rings. The number of carbonyl (C=O) groups is 1. The van der Waals surface area contributed by atoms with E-state index in [0.29, 0.717) is 13.2 Å². The summed E-state index contributed by atoms with van der Waals surface area (Å²) in [5.74, 6) is -0.490. The Morgan fingerprint density at radius 1 is 1.83 bits per heavy atom. The molecule has 0 fully saturated rings. The summed E-state index contributed by atoms with van der Waals surface area (Å²) in [7, 11) is 0. The van der Waals surface area contributed by atoms with Crippen molar-refractivity contribution in [3.05, 3.63) is 0 Å². The molecule has 2 N–H and O–H groups in total. The van der Waals surface area contributed by atoms with Crippen molar-refractivity contribution in [3.63, 3.8) is 0 Å². The molecule has 0 aliphatic heterocycles. The first-order valence-corrected chi connectivity index (χ1v) is 3.77. The van der Waals surface area contributed by atoms with Gasteiger partial charge in [0.2, 0.25) is 0 Å². The number of esters is 1. The van der Waals surface area contributed by atoms with Crippen molar-refractivity contribution >= 4 is 12.2 Å². The molecule has 0 radical (unpaired) electrons. The van der Waals surface area contributed by atoms with Gasteiger partial charge in [0.05, 0.1) is 19.3 Å². The van der Waals surface area contributed by atoms with E-state index in [4.69, 9.17) is 5.11 Å². The number of hydrazone groups is 1. The summed E-state index contributed by atoms with van der Waals surface area (Å²) in [6.07, 6.45) is 0.552. The standard InChI is InChI=1S/C7H14N2O3/c1-3-12-7(11)5-9-8-4-6(2)10/h5-6,8,10H,3-4H2,1-2H3/b9-5+. The second-order valence-corrected chi connectivity index (χ2v) is 2.22. The zero-order chi connectivity index (χ0) is 9.40. The van der Waals surface area contributed by atoms with Crippen LogP contribution < -0.4 is 5.43 Å². The maximum absolute atomic E-state index is 10.6. The lowest BCUT2D eigenvalue weighted by molar-refractivity contribution is -0.134. The second-order valence-electron chi connectivity index (χ2n) is 2.22. The van der Waals surface area contributed by atoms with Gasteiger partial charge in [-0.2, -0.15) is 5.10 Å². The van der Waals surface area contributed by atoms with Crippen LogP contribution in [0.3, 0.4) is 0 Å².